The molecule has 1 fully saturated rings. The summed E-state index contributed by atoms with van der Waals surface area (Å²) in [6.07, 6.45) is 0.583. The summed E-state index contributed by atoms with van der Waals surface area (Å²) in [6, 6.07) is 7.80. The average molecular weight is 502 g/mol. The number of amides is 1. The molecule has 0 aliphatic carbocycles. The van der Waals surface area contributed by atoms with Crippen molar-refractivity contribution < 1.29 is 29.6 Å². The molecule has 3 heterocycles. The van der Waals surface area contributed by atoms with Crippen molar-refractivity contribution in [2.75, 3.05) is 30.7 Å². The Morgan fingerprint density at radius 1 is 1.22 bits per heavy atom. The molecule has 0 bridgehead atoms. The highest BCUT2D eigenvalue weighted by Gasteiger charge is 2.37. The van der Waals surface area contributed by atoms with Gasteiger partial charge < -0.3 is 36.4 Å². The van der Waals surface area contributed by atoms with E-state index < -0.39 is 24.4 Å². The molecule has 13 heteroatoms. The van der Waals surface area contributed by atoms with Gasteiger partial charge in [-0.2, -0.15) is 9.97 Å². The number of nitrogen functional groups attached to an aromatic ring is 1. The molecule has 1 aliphatic heterocycles. The smallest absolute Gasteiger partial charge is 0.303 e. The average Bonchev–Trinajstić information content (AvgIpc) is 3.42. The largest absolute Gasteiger partial charge is 0.481 e. The van der Waals surface area contributed by atoms with Crippen molar-refractivity contribution in [3.63, 3.8) is 0 Å². The second kappa shape index (κ2) is 12.8. The number of nitrogens with zero attached hydrogens (tertiary/aromatic N) is 4. The molecular formula is C23H31N7O6. The zero-order valence-corrected chi connectivity index (χ0v) is 19.9. The predicted octanol–water partition coefficient (Wildman–Crippen LogP) is 0.0832. The number of carboxylic acids is 1. The lowest BCUT2D eigenvalue weighted by Crippen LogP contribution is -2.28. The molecule has 1 aliphatic rings. The zero-order chi connectivity index (χ0) is 26.1. The van der Waals surface area contributed by atoms with Gasteiger partial charge in [-0.1, -0.05) is 24.3 Å². The minimum Gasteiger partial charge on any atom is -0.481 e. The topological polar surface area (TPSA) is 198 Å². The monoisotopic (exact) mass is 501 g/mol. The van der Waals surface area contributed by atoms with Gasteiger partial charge in [0.15, 0.2) is 17.7 Å². The first-order valence-electron chi connectivity index (χ1n) is 11.5. The number of nitrogens with two attached hydrogens (primary N) is 1. The van der Waals surface area contributed by atoms with Crippen LogP contribution in [0.15, 0.2) is 30.6 Å². The minimum absolute atomic E-state index is 0.0201. The van der Waals surface area contributed by atoms with Crippen molar-refractivity contribution in [3.05, 3.63) is 41.7 Å². The maximum Gasteiger partial charge on any atom is 0.303 e. The summed E-state index contributed by atoms with van der Waals surface area (Å²) in [5.41, 5.74) is 8.87. The van der Waals surface area contributed by atoms with E-state index in [1.807, 2.05) is 31.2 Å². The summed E-state index contributed by atoms with van der Waals surface area (Å²) in [5.74, 6) is -0.295. The lowest BCUT2D eigenvalue weighted by molar-refractivity contribution is -0.137. The van der Waals surface area contributed by atoms with E-state index in [4.69, 9.17) is 15.6 Å². The fourth-order valence-corrected chi connectivity index (χ4v) is 3.56. The predicted molar refractivity (Wildman–Crippen MR) is 131 cm³/mol. The van der Waals surface area contributed by atoms with Gasteiger partial charge in [0.2, 0.25) is 12.4 Å². The van der Waals surface area contributed by atoms with Gasteiger partial charge in [0.25, 0.3) is 0 Å². The van der Waals surface area contributed by atoms with Crippen LogP contribution in [0.3, 0.4) is 0 Å². The highest BCUT2D eigenvalue weighted by Crippen LogP contribution is 2.28. The molecule has 2 aromatic heterocycles. The lowest BCUT2D eigenvalue weighted by atomic mass is 10.1. The SMILES string of the molecule is CCNC=O.Nc1nc(NCCc2ccc(CCC(=O)O)cc2)nc2c1ncn2C1OCC(O)C1O. The maximum absolute atomic E-state index is 10.7. The van der Waals surface area contributed by atoms with E-state index in [2.05, 4.69) is 25.6 Å². The molecule has 1 amide bonds. The fraction of sp³-hybridized carbons (Fsp3) is 0.435. The maximum atomic E-state index is 10.7. The van der Waals surface area contributed by atoms with Crippen LogP contribution in [0.1, 0.15) is 30.7 Å². The van der Waals surface area contributed by atoms with Crippen LogP contribution in [0.2, 0.25) is 0 Å². The lowest BCUT2D eigenvalue weighted by Gasteiger charge is -2.16. The molecular weight excluding hydrogens is 470 g/mol. The van der Waals surface area contributed by atoms with Gasteiger partial charge in [0, 0.05) is 19.5 Å². The van der Waals surface area contributed by atoms with Gasteiger partial charge >= 0.3 is 5.97 Å². The number of fused-ring (bicyclic) bond motifs is 1. The molecule has 0 saturated carbocycles. The number of nitrogens with one attached hydrogen (secondary N) is 2. The number of aliphatic hydroxyl groups excluding tert-OH is 2. The molecule has 1 aromatic carbocycles. The van der Waals surface area contributed by atoms with Crippen LogP contribution in [0.25, 0.3) is 11.2 Å². The van der Waals surface area contributed by atoms with E-state index in [0.29, 0.717) is 42.9 Å². The second-order valence-electron chi connectivity index (χ2n) is 8.10. The van der Waals surface area contributed by atoms with Gasteiger partial charge in [-0.05, 0) is 30.9 Å². The number of carbonyl (C=O) groups is 2. The molecule has 4 rings (SSSR count). The third-order valence-corrected chi connectivity index (χ3v) is 5.48. The van der Waals surface area contributed by atoms with Gasteiger partial charge in [-0.25, -0.2) is 4.98 Å². The number of benzene rings is 1. The highest BCUT2D eigenvalue weighted by molar-refractivity contribution is 5.83. The number of carboxylic acid groups (broad SMARTS) is 1. The summed E-state index contributed by atoms with van der Waals surface area (Å²) in [4.78, 5) is 32.8. The Bertz CT molecular complexity index is 1150. The zero-order valence-electron chi connectivity index (χ0n) is 19.9. The number of aryl methyl sites for hydroxylation is 1. The first-order valence-corrected chi connectivity index (χ1v) is 11.5. The number of hydrogen-bond acceptors (Lipinski definition) is 10. The van der Waals surface area contributed by atoms with Crippen molar-refractivity contribution >= 4 is 35.3 Å². The molecule has 1 saturated heterocycles. The number of aromatic nitrogens is 4. The molecule has 3 aromatic rings. The molecule has 3 atom stereocenters. The van der Waals surface area contributed by atoms with Gasteiger partial charge in [0.05, 0.1) is 12.9 Å². The summed E-state index contributed by atoms with van der Waals surface area (Å²) in [7, 11) is 0. The molecule has 7 N–H and O–H groups in total. The van der Waals surface area contributed by atoms with Crippen LogP contribution in [0.5, 0.6) is 0 Å². The van der Waals surface area contributed by atoms with Gasteiger partial charge in [-0.15, -0.1) is 0 Å². The minimum atomic E-state index is -1.09. The number of aliphatic hydroxyl groups is 2. The summed E-state index contributed by atoms with van der Waals surface area (Å²) in [6.45, 7) is 3.17. The molecule has 0 radical (unpaired) electrons. The Labute approximate surface area is 207 Å². The molecule has 36 heavy (non-hydrogen) atoms. The van der Waals surface area contributed by atoms with Crippen LogP contribution in [0, 0.1) is 0 Å². The van der Waals surface area contributed by atoms with Crippen molar-refractivity contribution in [2.45, 2.75) is 44.6 Å². The third-order valence-electron chi connectivity index (χ3n) is 5.48. The second-order valence-corrected chi connectivity index (χ2v) is 8.10. The van der Waals surface area contributed by atoms with Crippen molar-refractivity contribution in [1.82, 2.24) is 24.8 Å². The van der Waals surface area contributed by atoms with Crippen LogP contribution in [-0.4, -0.2) is 79.1 Å². The first kappa shape index (κ1) is 26.8. The normalized spacial score (nSPS) is 18.9. The third kappa shape index (κ3) is 6.87. The fourth-order valence-electron chi connectivity index (χ4n) is 3.56. The van der Waals surface area contributed by atoms with Crippen LogP contribution >= 0.6 is 0 Å². The van der Waals surface area contributed by atoms with Crippen molar-refractivity contribution in [2.24, 2.45) is 0 Å². The Morgan fingerprint density at radius 2 is 1.92 bits per heavy atom. The van der Waals surface area contributed by atoms with Gasteiger partial charge in [-0.3, -0.25) is 14.2 Å². The number of imidazole rings is 1. The molecule has 0 spiro atoms. The highest BCUT2D eigenvalue weighted by atomic mass is 16.5. The van der Waals surface area contributed by atoms with Crippen molar-refractivity contribution in [1.29, 1.82) is 0 Å². The van der Waals surface area contributed by atoms with Crippen LogP contribution < -0.4 is 16.4 Å². The standard InChI is InChI=1S/C20H24N6O5.C3H7NO/c21-17-15-18(26(10-23-15)19-16(30)13(27)9-31-19)25-20(24-17)22-8-7-12-3-1-11(2-4-12)5-6-14(28)29;1-2-4-3-5/h1-4,10,13,16,19,27,30H,5-9H2,(H,28,29)(H3,21,22,24,25);3H,2H2,1H3,(H,4,5). The quantitative estimate of drug-likeness (QED) is 0.206. The van der Waals surface area contributed by atoms with E-state index >= 15 is 0 Å². The van der Waals surface area contributed by atoms with Crippen LogP contribution in [0.4, 0.5) is 11.8 Å². The number of hydrogen-bond donors (Lipinski definition) is 6. The number of anilines is 2. The van der Waals surface area contributed by atoms with E-state index in [0.717, 1.165) is 17.7 Å². The Morgan fingerprint density at radius 3 is 2.47 bits per heavy atom. The van der Waals surface area contributed by atoms with Crippen LogP contribution in [-0.2, 0) is 27.2 Å². The summed E-state index contributed by atoms with van der Waals surface area (Å²) >= 11 is 0. The molecule has 13 nitrogen and oxygen atoms in total. The van der Waals surface area contributed by atoms with E-state index in [-0.39, 0.29) is 18.8 Å². The number of carbonyl (C=O) groups excluding carboxylic acids is 1. The summed E-state index contributed by atoms with van der Waals surface area (Å²) in [5, 5.41) is 34.2. The number of rotatable bonds is 10. The van der Waals surface area contributed by atoms with E-state index in [1.165, 1.54) is 10.9 Å². The van der Waals surface area contributed by atoms with E-state index in [1.54, 1.807) is 0 Å². The Kier molecular flexibility index (Phi) is 9.50. The van der Waals surface area contributed by atoms with Crippen molar-refractivity contribution in [3.8, 4) is 0 Å². The molecule has 194 valence electrons. The first-order chi connectivity index (χ1) is 17.3. The molecule has 3 unspecified atom stereocenters. The Hall–Kier alpha value is -3.81. The Balaban J connectivity index is 0.000000658. The van der Waals surface area contributed by atoms with E-state index in [9.17, 15) is 19.8 Å². The number of aliphatic carboxylic acids is 1. The van der Waals surface area contributed by atoms with Gasteiger partial charge in [0.1, 0.15) is 17.7 Å². The summed E-state index contributed by atoms with van der Waals surface area (Å²) < 4.78 is 6.99. The number of ether oxygens (including phenoxy) is 1.